The van der Waals surface area contributed by atoms with Gasteiger partial charge in [0.15, 0.2) is 12.3 Å². The summed E-state index contributed by atoms with van der Waals surface area (Å²) in [4.78, 5) is 18.3. The first-order valence-corrected chi connectivity index (χ1v) is 10.4. The Morgan fingerprint density at radius 3 is 2.86 bits per heavy atom. The summed E-state index contributed by atoms with van der Waals surface area (Å²) in [6.07, 6.45) is 4.52. The number of H-pyrrole nitrogens is 1. The number of benzene rings is 1. The van der Waals surface area contributed by atoms with Crippen LogP contribution in [0.1, 0.15) is 16.2 Å². The molecule has 3 N–H and O–H groups in total. The number of aromatic amines is 1. The number of hydrogen-bond donors (Lipinski definition) is 3. The van der Waals surface area contributed by atoms with Crippen molar-refractivity contribution >= 4 is 28.1 Å². The lowest BCUT2D eigenvalue weighted by Gasteiger charge is -2.17. The van der Waals surface area contributed by atoms with Crippen LogP contribution in [-0.2, 0) is 24.3 Å². The van der Waals surface area contributed by atoms with Gasteiger partial charge in [-0.15, -0.1) is 11.3 Å². The fourth-order valence-corrected chi connectivity index (χ4v) is 4.25. The maximum atomic E-state index is 12.5. The smallest absolute Gasteiger partial charge is 0.275 e. The normalized spacial score (nSPS) is 12.3. The van der Waals surface area contributed by atoms with Gasteiger partial charge in [0.2, 0.25) is 0 Å². The van der Waals surface area contributed by atoms with Crippen LogP contribution in [0.3, 0.4) is 0 Å². The van der Waals surface area contributed by atoms with Gasteiger partial charge in [0, 0.05) is 23.6 Å². The average Bonchev–Trinajstić information content (AvgIpc) is 3.44. The summed E-state index contributed by atoms with van der Waals surface area (Å²) >= 11 is 1.72. The molecule has 0 aliphatic rings. The largest absolute Gasteiger partial charge is 0.463 e. The number of thiophene rings is 1. The van der Waals surface area contributed by atoms with Gasteiger partial charge in [-0.1, -0.05) is 24.3 Å². The second-order valence-electron chi connectivity index (χ2n) is 6.90. The Hall–Kier alpha value is -2.83. The van der Waals surface area contributed by atoms with E-state index in [1.165, 1.54) is 20.7 Å². The molecule has 144 valence electrons. The molecule has 3 aromatic heterocycles. The molecule has 0 radical (unpaired) electrons. The van der Waals surface area contributed by atoms with E-state index in [9.17, 15) is 4.79 Å². The number of nitrogens with one attached hydrogen (secondary N) is 3. The highest BCUT2D eigenvalue weighted by atomic mass is 32.1. The van der Waals surface area contributed by atoms with E-state index in [-0.39, 0.29) is 5.91 Å². The van der Waals surface area contributed by atoms with Crippen LogP contribution in [0.5, 0.6) is 0 Å². The first kappa shape index (κ1) is 18.5. The predicted molar refractivity (Wildman–Crippen MR) is 111 cm³/mol. The highest BCUT2D eigenvalue weighted by molar-refractivity contribution is 7.09. The number of amides is 1. The molecule has 1 unspecified atom stereocenters. The quantitative estimate of drug-likeness (QED) is 0.409. The zero-order chi connectivity index (χ0) is 19.2. The Morgan fingerprint density at radius 1 is 1.11 bits per heavy atom. The van der Waals surface area contributed by atoms with Crippen molar-refractivity contribution in [1.82, 2.24) is 10.3 Å². The van der Waals surface area contributed by atoms with Crippen molar-refractivity contribution in [2.24, 2.45) is 0 Å². The van der Waals surface area contributed by atoms with Crippen LogP contribution in [0, 0.1) is 0 Å². The number of furan rings is 1. The fourth-order valence-electron chi connectivity index (χ4n) is 3.47. The number of quaternary nitrogens is 1. The van der Waals surface area contributed by atoms with Gasteiger partial charge in [-0.05, 0) is 41.6 Å². The lowest BCUT2D eigenvalue weighted by molar-refractivity contribution is -0.920. The summed E-state index contributed by atoms with van der Waals surface area (Å²) < 4.78 is 5.48. The molecule has 0 spiro atoms. The Morgan fingerprint density at radius 2 is 2.04 bits per heavy atom. The molecule has 5 nitrogen and oxygen atoms in total. The van der Waals surface area contributed by atoms with E-state index in [1.54, 1.807) is 17.6 Å². The van der Waals surface area contributed by atoms with E-state index >= 15 is 0 Å². The number of carbonyl (C=O) groups is 1. The summed E-state index contributed by atoms with van der Waals surface area (Å²) in [6.45, 7) is 2.56. The van der Waals surface area contributed by atoms with Crippen LogP contribution < -0.4 is 10.2 Å². The third-order valence-corrected chi connectivity index (χ3v) is 5.69. The van der Waals surface area contributed by atoms with E-state index in [1.807, 2.05) is 36.5 Å². The van der Waals surface area contributed by atoms with Crippen LogP contribution in [-0.4, -0.2) is 24.0 Å². The minimum Gasteiger partial charge on any atom is -0.463 e. The number of rotatable bonds is 9. The molecule has 4 aromatic rings. The van der Waals surface area contributed by atoms with E-state index in [2.05, 4.69) is 33.9 Å². The monoisotopic (exact) mass is 394 g/mol. The Kier molecular flexibility index (Phi) is 5.89. The van der Waals surface area contributed by atoms with Crippen molar-refractivity contribution in [2.75, 3.05) is 13.1 Å². The third-order valence-electron chi connectivity index (χ3n) is 4.81. The predicted octanol–water partition coefficient (Wildman–Crippen LogP) is 2.77. The number of para-hydroxylation sites is 1. The zero-order valence-electron chi connectivity index (χ0n) is 15.6. The molecular formula is C22H24N3O2S+. The molecule has 0 aliphatic carbocycles. The summed E-state index contributed by atoms with van der Waals surface area (Å²) in [5.41, 5.74) is 2.36. The molecule has 6 heteroatoms. The van der Waals surface area contributed by atoms with Gasteiger partial charge >= 0.3 is 0 Å². The van der Waals surface area contributed by atoms with Gasteiger partial charge in [-0.25, -0.2) is 0 Å². The van der Waals surface area contributed by atoms with Crippen molar-refractivity contribution in [2.45, 2.75) is 19.5 Å². The number of aromatic nitrogens is 1. The zero-order valence-corrected chi connectivity index (χ0v) is 16.4. The first-order chi connectivity index (χ1) is 13.8. The highest BCUT2D eigenvalue weighted by Gasteiger charge is 2.17. The maximum absolute atomic E-state index is 12.5. The molecule has 0 fully saturated rings. The van der Waals surface area contributed by atoms with E-state index < -0.39 is 0 Å². The summed E-state index contributed by atoms with van der Waals surface area (Å²) in [5.74, 6) is 0.969. The molecule has 3 heterocycles. The molecule has 1 atom stereocenters. The van der Waals surface area contributed by atoms with Crippen molar-refractivity contribution in [3.63, 3.8) is 0 Å². The third kappa shape index (κ3) is 4.71. The van der Waals surface area contributed by atoms with E-state index in [4.69, 9.17) is 4.42 Å². The standard InChI is InChI=1S/C22H23N3O2S/c26-22(23-10-9-17-13-24-21-8-2-1-7-20(17)21)16-25(14-18-5-3-11-27-18)15-19-6-4-12-28-19/h1-8,11-13,24H,9-10,14-16H2,(H,23,26)/p+1. The number of fused-ring (bicyclic) bond motifs is 1. The number of carbonyl (C=O) groups excluding carboxylic acids is 1. The lowest BCUT2D eigenvalue weighted by Crippen LogP contribution is -3.10. The molecular weight excluding hydrogens is 370 g/mol. The van der Waals surface area contributed by atoms with Gasteiger partial charge < -0.3 is 19.6 Å². The fraction of sp³-hybridized carbons (Fsp3) is 0.227. The van der Waals surface area contributed by atoms with Crippen LogP contribution >= 0.6 is 11.3 Å². The Balaban J connectivity index is 1.31. The minimum atomic E-state index is 0.0675. The van der Waals surface area contributed by atoms with Gasteiger partial charge in [0.1, 0.15) is 13.1 Å². The average molecular weight is 395 g/mol. The van der Waals surface area contributed by atoms with E-state index in [0.29, 0.717) is 19.6 Å². The van der Waals surface area contributed by atoms with Gasteiger partial charge in [-0.2, -0.15) is 0 Å². The first-order valence-electron chi connectivity index (χ1n) is 9.48. The van der Waals surface area contributed by atoms with E-state index in [0.717, 1.165) is 24.2 Å². The highest BCUT2D eigenvalue weighted by Crippen LogP contribution is 2.17. The van der Waals surface area contributed by atoms with Crippen LogP contribution in [0.15, 0.2) is 70.8 Å². The lowest BCUT2D eigenvalue weighted by atomic mass is 10.1. The number of hydrogen-bond acceptors (Lipinski definition) is 3. The molecule has 0 aliphatic heterocycles. The maximum Gasteiger partial charge on any atom is 0.275 e. The Bertz CT molecular complexity index is 969. The SMILES string of the molecule is O=C(C[NH+](Cc1ccco1)Cc1cccs1)NCCc1c[nH]c2ccccc12. The van der Waals surface area contributed by atoms with Crippen LogP contribution in [0.25, 0.3) is 10.9 Å². The summed E-state index contributed by atoms with van der Waals surface area (Å²) in [6, 6.07) is 16.3. The van der Waals surface area contributed by atoms with Gasteiger partial charge in [-0.3, -0.25) is 4.79 Å². The Labute approximate surface area is 168 Å². The molecule has 4 rings (SSSR count). The molecule has 0 saturated carbocycles. The van der Waals surface area contributed by atoms with Gasteiger partial charge in [0.25, 0.3) is 5.91 Å². The van der Waals surface area contributed by atoms with Gasteiger partial charge in [0.05, 0.1) is 11.1 Å². The molecule has 1 amide bonds. The summed E-state index contributed by atoms with van der Waals surface area (Å²) in [7, 11) is 0. The molecule has 0 bridgehead atoms. The second kappa shape index (κ2) is 8.91. The van der Waals surface area contributed by atoms with Crippen molar-refractivity contribution in [3.8, 4) is 0 Å². The molecule has 28 heavy (non-hydrogen) atoms. The van der Waals surface area contributed by atoms with Crippen molar-refractivity contribution in [1.29, 1.82) is 0 Å². The molecule has 0 saturated heterocycles. The van der Waals surface area contributed by atoms with Crippen molar-refractivity contribution < 1.29 is 14.1 Å². The second-order valence-corrected chi connectivity index (χ2v) is 7.93. The van der Waals surface area contributed by atoms with Crippen LogP contribution in [0.4, 0.5) is 0 Å². The summed E-state index contributed by atoms with van der Waals surface area (Å²) in [5, 5.41) is 6.37. The van der Waals surface area contributed by atoms with Crippen LogP contribution in [0.2, 0.25) is 0 Å². The van der Waals surface area contributed by atoms with Crippen molar-refractivity contribution in [3.05, 3.63) is 82.6 Å². The minimum absolute atomic E-state index is 0.0675. The topological polar surface area (TPSA) is 62.5 Å². The molecule has 1 aromatic carbocycles.